The van der Waals surface area contributed by atoms with Crippen molar-refractivity contribution in [3.05, 3.63) is 59.4 Å². The normalized spacial score (nSPS) is 11.9. The van der Waals surface area contributed by atoms with E-state index in [4.69, 9.17) is 4.74 Å². The zero-order valence-corrected chi connectivity index (χ0v) is 12.0. The summed E-state index contributed by atoms with van der Waals surface area (Å²) in [4.78, 5) is 11.9. The molecule has 1 N–H and O–H groups in total. The van der Waals surface area contributed by atoms with Crippen molar-refractivity contribution in [3.63, 3.8) is 0 Å². The third-order valence-corrected chi connectivity index (χ3v) is 3.00. The van der Waals surface area contributed by atoms with E-state index in [1.54, 1.807) is 12.1 Å². The predicted octanol–water partition coefficient (Wildman–Crippen LogP) is 3.82. The van der Waals surface area contributed by atoms with Crippen molar-refractivity contribution in [1.29, 1.82) is 0 Å². The largest absolute Gasteiger partial charge is 0.481 e. The summed E-state index contributed by atoms with van der Waals surface area (Å²) in [5, 5.41) is 2.16. The zero-order chi connectivity index (χ0) is 16.3. The SMILES string of the molecule is Cc1ccc(OC(C)C(=O)Nc2ccc(F)c(F)c2F)cc1. The van der Waals surface area contributed by atoms with Crippen molar-refractivity contribution in [2.75, 3.05) is 5.32 Å². The summed E-state index contributed by atoms with van der Waals surface area (Å²) in [5.74, 6) is -4.61. The Balaban J connectivity index is 2.05. The van der Waals surface area contributed by atoms with Gasteiger partial charge >= 0.3 is 0 Å². The van der Waals surface area contributed by atoms with Gasteiger partial charge in [-0.3, -0.25) is 4.79 Å². The topological polar surface area (TPSA) is 38.3 Å². The molecule has 1 atom stereocenters. The highest BCUT2D eigenvalue weighted by atomic mass is 19.2. The molecule has 2 rings (SSSR count). The number of amides is 1. The molecule has 0 aliphatic heterocycles. The van der Waals surface area contributed by atoms with E-state index in [-0.39, 0.29) is 0 Å². The van der Waals surface area contributed by atoms with Gasteiger partial charge in [0.05, 0.1) is 5.69 Å². The molecule has 0 aliphatic rings. The van der Waals surface area contributed by atoms with Crippen molar-refractivity contribution in [1.82, 2.24) is 0 Å². The molecule has 1 amide bonds. The van der Waals surface area contributed by atoms with Gasteiger partial charge in [0.1, 0.15) is 5.75 Å². The van der Waals surface area contributed by atoms with Gasteiger partial charge in [-0.15, -0.1) is 0 Å². The molecule has 22 heavy (non-hydrogen) atoms. The van der Waals surface area contributed by atoms with Gasteiger partial charge in [0.15, 0.2) is 23.6 Å². The van der Waals surface area contributed by atoms with Crippen LogP contribution in [0.5, 0.6) is 5.75 Å². The molecule has 0 aliphatic carbocycles. The van der Waals surface area contributed by atoms with E-state index in [9.17, 15) is 18.0 Å². The van der Waals surface area contributed by atoms with Crippen molar-refractivity contribution in [2.45, 2.75) is 20.0 Å². The Labute approximate surface area is 125 Å². The molecule has 0 aromatic heterocycles. The summed E-state index contributed by atoms with van der Waals surface area (Å²) in [7, 11) is 0. The third-order valence-electron chi connectivity index (χ3n) is 3.00. The van der Waals surface area contributed by atoms with Crippen LogP contribution in [-0.4, -0.2) is 12.0 Å². The summed E-state index contributed by atoms with van der Waals surface area (Å²) >= 11 is 0. The molecule has 0 saturated heterocycles. The number of carbonyl (C=O) groups excluding carboxylic acids is 1. The maximum atomic E-state index is 13.5. The fourth-order valence-electron chi connectivity index (χ4n) is 1.73. The smallest absolute Gasteiger partial charge is 0.265 e. The number of anilines is 1. The van der Waals surface area contributed by atoms with Crippen LogP contribution in [0.1, 0.15) is 12.5 Å². The lowest BCUT2D eigenvalue weighted by Gasteiger charge is -2.15. The fraction of sp³-hybridized carbons (Fsp3) is 0.188. The summed E-state index contributed by atoms with van der Waals surface area (Å²) in [5.41, 5.74) is 0.594. The number of nitrogens with one attached hydrogen (secondary N) is 1. The number of benzene rings is 2. The second-order valence-electron chi connectivity index (χ2n) is 4.79. The highest BCUT2D eigenvalue weighted by molar-refractivity contribution is 5.94. The third kappa shape index (κ3) is 3.58. The van der Waals surface area contributed by atoms with Crippen molar-refractivity contribution >= 4 is 11.6 Å². The first-order chi connectivity index (χ1) is 10.4. The van der Waals surface area contributed by atoms with Gasteiger partial charge in [0.2, 0.25) is 0 Å². The van der Waals surface area contributed by atoms with Gasteiger partial charge < -0.3 is 10.1 Å². The molecule has 116 valence electrons. The lowest BCUT2D eigenvalue weighted by atomic mass is 10.2. The molecule has 1 unspecified atom stereocenters. The Morgan fingerprint density at radius 3 is 2.32 bits per heavy atom. The highest BCUT2D eigenvalue weighted by Gasteiger charge is 2.19. The molecule has 0 radical (unpaired) electrons. The van der Waals surface area contributed by atoms with Crippen molar-refractivity contribution in [2.24, 2.45) is 0 Å². The molecule has 2 aromatic carbocycles. The minimum absolute atomic E-state index is 0.441. The molecular weight excluding hydrogens is 295 g/mol. The van der Waals surface area contributed by atoms with E-state index < -0.39 is 35.2 Å². The minimum Gasteiger partial charge on any atom is -0.481 e. The van der Waals surface area contributed by atoms with Crippen LogP contribution in [0, 0.1) is 24.4 Å². The van der Waals surface area contributed by atoms with Crippen LogP contribution in [0.15, 0.2) is 36.4 Å². The van der Waals surface area contributed by atoms with Gasteiger partial charge in [-0.05, 0) is 38.1 Å². The Bertz CT molecular complexity index is 687. The number of halogens is 3. The predicted molar refractivity (Wildman–Crippen MR) is 76.2 cm³/mol. The number of aryl methyl sites for hydroxylation is 1. The van der Waals surface area contributed by atoms with E-state index in [0.717, 1.165) is 17.7 Å². The molecular formula is C16H14F3NO2. The second-order valence-corrected chi connectivity index (χ2v) is 4.79. The van der Waals surface area contributed by atoms with Crippen LogP contribution in [0.4, 0.5) is 18.9 Å². The van der Waals surface area contributed by atoms with Crippen LogP contribution in [0.25, 0.3) is 0 Å². The lowest BCUT2D eigenvalue weighted by molar-refractivity contribution is -0.122. The van der Waals surface area contributed by atoms with Crippen LogP contribution in [0.3, 0.4) is 0 Å². The molecule has 0 saturated carbocycles. The van der Waals surface area contributed by atoms with Gasteiger partial charge in [-0.25, -0.2) is 13.2 Å². The van der Waals surface area contributed by atoms with Gasteiger partial charge in [0.25, 0.3) is 5.91 Å². The summed E-state index contributed by atoms with van der Waals surface area (Å²) in [6.07, 6.45) is -0.935. The monoisotopic (exact) mass is 309 g/mol. The summed E-state index contributed by atoms with van der Waals surface area (Å²) in [6, 6.07) is 8.70. The standard InChI is InChI=1S/C16H14F3NO2/c1-9-3-5-11(6-4-9)22-10(2)16(21)20-13-8-7-12(17)14(18)15(13)19/h3-8,10H,1-2H3,(H,20,21). The lowest BCUT2D eigenvalue weighted by Crippen LogP contribution is -2.30. The first-order valence-electron chi connectivity index (χ1n) is 6.56. The molecule has 6 heteroatoms. The molecule has 0 spiro atoms. The number of hydrogen-bond acceptors (Lipinski definition) is 2. The average Bonchev–Trinajstić information content (AvgIpc) is 2.50. The van der Waals surface area contributed by atoms with Crippen molar-refractivity contribution in [3.8, 4) is 5.75 Å². The minimum atomic E-state index is -1.63. The Kier molecular flexibility index (Phi) is 4.70. The highest BCUT2D eigenvalue weighted by Crippen LogP contribution is 2.20. The first kappa shape index (κ1) is 15.9. The van der Waals surface area contributed by atoms with E-state index in [1.165, 1.54) is 6.92 Å². The maximum absolute atomic E-state index is 13.5. The molecule has 0 bridgehead atoms. The van der Waals surface area contributed by atoms with Crippen LogP contribution in [-0.2, 0) is 4.79 Å². The quantitative estimate of drug-likeness (QED) is 0.872. The van der Waals surface area contributed by atoms with Crippen LogP contribution in [0.2, 0.25) is 0 Å². The van der Waals surface area contributed by atoms with E-state index in [2.05, 4.69) is 5.32 Å². The molecule has 0 fully saturated rings. The molecule has 0 heterocycles. The molecule has 3 nitrogen and oxygen atoms in total. The van der Waals surface area contributed by atoms with E-state index in [0.29, 0.717) is 5.75 Å². The first-order valence-corrected chi connectivity index (χ1v) is 6.56. The summed E-state index contributed by atoms with van der Waals surface area (Å²) in [6.45, 7) is 3.37. The number of ether oxygens (including phenoxy) is 1. The number of carbonyl (C=O) groups is 1. The van der Waals surface area contributed by atoms with Crippen molar-refractivity contribution < 1.29 is 22.7 Å². The average molecular weight is 309 g/mol. The Morgan fingerprint density at radius 1 is 1.05 bits per heavy atom. The molecule has 2 aromatic rings. The number of rotatable bonds is 4. The van der Waals surface area contributed by atoms with E-state index in [1.807, 2.05) is 19.1 Å². The van der Waals surface area contributed by atoms with E-state index >= 15 is 0 Å². The van der Waals surface area contributed by atoms with Gasteiger partial charge in [0, 0.05) is 0 Å². The Hall–Kier alpha value is -2.50. The van der Waals surface area contributed by atoms with Crippen LogP contribution >= 0.6 is 0 Å². The fourth-order valence-corrected chi connectivity index (χ4v) is 1.73. The second kappa shape index (κ2) is 6.51. The number of hydrogen-bond donors (Lipinski definition) is 1. The van der Waals surface area contributed by atoms with Gasteiger partial charge in [-0.2, -0.15) is 0 Å². The summed E-state index contributed by atoms with van der Waals surface area (Å²) < 4.78 is 44.8. The van der Waals surface area contributed by atoms with Gasteiger partial charge in [-0.1, -0.05) is 17.7 Å². The Morgan fingerprint density at radius 2 is 1.68 bits per heavy atom. The van der Waals surface area contributed by atoms with Crippen LogP contribution < -0.4 is 10.1 Å². The maximum Gasteiger partial charge on any atom is 0.265 e. The zero-order valence-electron chi connectivity index (χ0n) is 12.0.